The maximum Gasteiger partial charge on any atom is -0.0125 e. The molecule has 0 aromatic heterocycles. The summed E-state index contributed by atoms with van der Waals surface area (Å²) >= 11 is 0. The fourth-order valence-electron chi connectivity index (χ4n) is 8.00. The summed E-state index contributed by atoms with van der Waals surface area (Å²) in [6, 6.07) is 7.45. The first-order valence-electron chi connectivity index (χ1n) is 13.6. The van der Waals surface area contributed by atoms with Crippen LogP contribution >= 0.6 is 0 Å². The predicted octanol–water partition coefficient (Wildman–Crippen LogP) is 9.24. The highest BCUT2D eigenvalue weighted by Gasteiger charge is 2.55. The Kier molecular flexibility index (Phi) is 7.31. The average Bonchev–Trinajstić information content (AvgIpc) is 3.04. The smallest absolute Gasteiger partial charge is 0.0125 e. The van der Waals surface area contributed by atoms with E-state index in [4.69, 9.17) is 0 Å². The molecule has 0 amide bonds. The van der Waals surface area contributed by atoms with Crippen LogP contribution in [0.15, 0.2) is 18.2 Å². The van der Waals surface area contributed by atoms with Gasteiger partial charge in [-0.1, -0.05) is 95.9 Å². The molecule has 0 heteroatoms. The lowest BCUT2D eigenvalue weighted by atomic mass is 9.51. The minimum Gasteiger partial charge on any atom is -0.0654 e. The molecule has 0 saturated heterocycles. The summed E-state index contributed by atoms with van der Waals surface area (Å²) in [6.07, 6.45) is 20.4. The van der Waals surface area contributed by atoms with Crippen molar-refractivity contribution in [2.75, 3.05) is 0 Å². The van der Waals surface area contributed by atoms with Crippen LogP contribution in [0.1, 0.15) is 127 Å². The molecule has 4 rings (SSSR count). The Morgan fingerprint density at radius 3 is 2.43 bits per heavy atom. The van der Waals surface area contributed by atoms with E-state index in [0.717, 1.165) is 29.6 Å². The zero-order valence-electron chi connectivity index (χ0n) is 20.5. The van der Waals surface area contributed by atoms with Crippen LogP contribution in [-0.4, -0.2) is 0 Å². The molecule has 0 bridgehead atoms. The van der Waals surface area contributed by atoms with Gasteiger partial charge in [0.1, 0.15) is 0 Å². The van der Waals surface area contributed by atoms with E-state index in [1.165, 1.54) is 95.5 Å². The van der Waals surface area contributed by atoms with Crippen molar-refractivity contribution in [2.24, 2.45) is 29.1 Å². The zero-order valence-corrected chi connectivity index (χ0v) is 20.5. The maximum absolute atomic E-state index is 2.67. The van der Waals surface area contributed by atoms with Gasteiger partial charge in [-0.15, -0.1) is 0 Å². The molecule has 0 N–H and O–H groups in total. The van der Waals surface area contributed by atoms with Crippen LogP contribution in [0.4, 0.5) is 0 Å². The van der Waals surface area contributed by atoms with Gasteiger partial charge >= 0.3 is 0 Å². The largest absolute Gasteiger partial charge is 0.0654 e. The predicted molar refractivity (Wildman–Crippen MR) is 131 cm³/mol. The van der Waals surface area contributed by atoms with Gasteiger partial charge in [0.2, 0.25) is 0 Å². The van der Waals surface area contributed by atoms with E-state index in [-0.39, 0.29) is 0 Å². The number of benzene rings is 1. The molecule has 2 fully saturated rings. The molecule has 0 nitrogen and oxygen atoms in total. The molecule has 0 heterocycles. The molecule has 0 aliphatic heterocycles. The monoisotopic (exact) mass is 408 g/mol. The van der Waals surface area contributed by atoms with Crippen molar-refractivity contribution in [3.05, 3.63) is 34.9 Å². The molecule has 1 aromatic rings. The third kappa shape index (κ3) is 4.40. The van der Waals surface area contributed by atoms with Crippen molar-refractivity contribution in [3.8, 4) is 0 Å². The van der Waals surface area contributed by atoms with Crippen LogP contribution in [-0.2, 0) is 6.42 Å². The Hall–Kier alpha value is -0.780. The van der Waals surface area contributed by atoms with Crippen molar-refractivity contribution >= 4 is 0 Å². The first-order chi connectivity index (χ1) is 14.5. The Bertz CT molecular complexity index is 687. The Morgan fingerprint density at radius 1 is 0.933 bits per heavy atom. The van der Waals surface area contributed by atoms with Crippen molar-refractivity contribution in [1.82, 2.24) is 0 Å². The number of unbranched alkanes of at least 4 members (excludes halogenated alkanes) is 7. The van der Waals surface area contributed by atoms with Gasteiger partial charge in [-0.2, -0.15) is 0 Å². The van der Waals surface area contributed by atoms with Crippen LogP contribution in [0.3, 0.4) is 0 Å². The Balaban J connectivity index is 1.43. The minimum absolute atomic E-state index is 0.626. The summed E-state index contributed by atoms with van der Waals surface area (Å²) in [4.78, 5) is 0. The molecule has 3 aliphatic carbocycles. The van der Waals surface area contributed by atoms with Crippen LogP contribution in [0.2, 0.25) is 0 Å². The number of fused-ring (bicyclic) bond motifs is 5. The molecule has 0 radical (unpaired) electrons. The normalized spacial score (nSPS) is 35.0. The van der Waals surface area contributed by atoms with Gasteiger partial charge in [0, 0.05) is 0 Å². The molecule has 1 aromatic carbocycles. The molecule has 6 atom stereocenters. The van der Waals surface area contributed by atoms with E-state index >= 15 is 0 Å². The lowest BCUT2D eigenvalue weighted by Crippen LogP contribution is -2.45. The molecule has 6 unspecified atom stereocenters. The summed E-state index contributed by atoms with van der Waals surface area (Å²) < 4.78 is 0. The highest BCUT2D eigenvalue weighted by atomic mass is 14.6. The average molecular weight is 409 g/mol. The van der Waals surface area contributed by atoms with Gasteiger partial charge in [0.25, 0.3) is 0 Å². The van der Waals surface area contributed by atoms with E-state index in [1.54, 1.807) is 11.1 Å². The molecular formula is C30H48. The minimum atomic E-state index is 0.626. The highest BCUT2D eigenvalue weighted by molar-refractivity contribution is 5.38. The number of hydrogen-bond acceptors (Lipinski definition) is 0. The summed E-state index contributed by atoms with van der Waals surface area (Å²) in [6.45, 7) is 9.84. The molecule has 0 spiro atoms. The molecular weight excluding hydrogens is 360 g/mol. The first-order valence-corrected chi connectivity index (χ1v) is 13.6. The fraction of sp³-hybridized carbons (Fsp3) is 0.800. The number of rotatable bonds is 9. The fourth-order valence-corrected chi connectivity index (χ4v) is 8.00. The summed E-state index contributed by atoms with van der Waals surface area (Å²) in [5.41, 5.74) is 5.56. The van der Waals surface area contributed by atoms with E-state index < -0.39 is 0 Å². The van der Waals surface area contributed by atoms with Crippen LogP contribution in [0.25, 0.3) is 0 Å². The lowest BCUT2D eigenvalue weighted by molar-refractivity contribution is 0.00273. The molecule has 168 valence electrons. The Morgan fingerprint density at radius 2 is 1.67 bits per heavy atom. The SMILES string of the molecule is CCCCCCCCCCC1Cc2cc(C)ccc2C2CCC3(C)C(C)CCC3C12. The van der Waals surface area contributed by atoms with Gasteiger partial charge < -0.3 is 0 Å². The molecule has 30 heavy (non-hydrogen) atoms. The van der Waals surface area contributed by atoms with E-state index in [2.05, 4.69) is 45.9 Å². The summed E-state index contributed by atoms with van der Waals surface area (Å²) in [5, 5.41) is 0. The highest BCUT2D eigenvalue weighted by Crippen LogP contribution is 2.64. The third-order valence-corrected chi connectivity index (χ3v) is 9.96. The third-order valence-electron chi connectivity index (χ3n) is 9.96. The van der Waals surface area contributed by atoms with Gasteiger partial charge in [-0.25, -0.2) is 0 Å². The zero-order chi connectivity index (χ0) is 21.1. The van der Waals surface area contributed by atoms with Crippen molar-refractivity contribution in [2.45, 2.75) is 124 Å². The van der Waals surface area contributed by atoms with E-state index in [0.29, 0.717) is 5.41 Å². The number of aryl methyl sites for hydroxylation is 1. The Labute approximate surface area is 187 Å². The van der Waals surface area contributed by atoms with Crippen LogP contribution in [0, 0.1) is 36.0 Å². The topological polar surface area (TPSA) is 0 Å². The first kappa shape index (κ1) is 22.4. The molecule has 2 saturated carbocycles. The standard InChI is InChI=1S/C30H48/c1-5-6-7-8-9-10-11-12-13-24-21-25-20-22(2)14-16-26(25)27-18-19-30(4)23(3)15-17-28(30)29(24)27/h14,16,20,23-24,27-29H,5-13,15,17-19,21H2,1-4H3. The van der Waals surface area contributed by atoms with E-state index in [9.17, 15) is 0 Å². The summed E-state index contributed by atoms with van der Waals surface area (Å²) in [7, 11) is 0. The van der Waals surface area contributed by atoms with Crippen LogP contribution < -0.4 is 0 Å². The van der Waals surface area contributed by atoms with Gasteiger partial charge in [0.15, 0.2) is 0 Å². The van der Waals surface area contributed by atoms with Gasteiger partial charge in [-0.05, 0) is 91.6 Å². The van der Waals surface area contributed by atoms with Crippen LogP contribution in [0.5, 0.6) is 0 Å². The second-order valence-corrected chi connectivity index (χ2v) is 11.7. The van der Waals surface area contributed by atoms with Crippen molar-refractivity contribution in [1.29, 1.82) is 0 Å². The second-order valence-electron chi connectivity index (χ2n) is 11.7. The summed E-state index contributed by atoms with van der Waals surface area (Å²) in [5.74, 6) is 4.69. The second kappa shape index (κ2) is 9.79. The van der Waals surface area contributed by atoms with E-state index in [1.807, 2.05) is 0 Å². The maximum atomic E-state index is 2.67. The van der Waals surface area contributed by atoms with Gasteiger partial charge in [0.05, 0.1) is 0 Å². The quantitative estimate of drug-likeness (QED) is 0.357. The van der Waals surface area contributed by atoms with Crippen molar-refractivity contribution in [3.63, 3.8) is 0 Å². The lowest BCUT2D eigenvalue weighted by Gasteiger charge is -2.53. The number of hydrogen-bond donors (Lipinski definition) is 0. The van der Waals surface area contributed by atoms with Gasteiger partial charge in [-0.3, -0.25) is 0 Å². The molecule has 3 aliphatic rings. The van der Waals surface area contributed by atoms with Crippen molar-refractivity contribution < 1.29 is 0 Å².